The Balaban J connectivity index is 1.67. The Labute approximate surface area is 153 Å². The molecule has 5 nitrogen and oxygen atoms in total. The van der Waals surface area contributed by atoms with Crippen LogP contribution in [0.4, 0.5) is 8.78 Å². The molecule has 134 valence electrons. The molecular formula is C20H14F2N4O. The second-order valence-electron chi connectivity index (χ2n) is 5.94. The van der Waals surface area contributed by atoms with Crippen LogP contribution in [0.15, 0.2) is 67.1 Å². The van der Waals surface area contributed by atoms with E-state index in [-0.39, 0.29) is 24.0 Å². The Morgan fingerprint density at radius 3 is 2.67 bits per heavy atom. The molecule has 7 heteroatoms. The molecule has 0 unspecified atom stereocenters. The summed E-state index contributed by atoms with van der Waals surface area (Å²) in [6.45, 7) is 0.231. The third kappa shape index (κ3) is 3.39. The minimum Gasteiger partial charge on any atom is -0.345 e. The SMILES string of the molecule is O=C(NCc1ccc(F)cc1)c1nc(-c2cccc(F)c2)c2cnccn12. The van der Waals surface area contributed by atoms with E-state index >= 15 is 0 Å². The topological polar surface area (TPSA) is 59.3 Å². The van der Waals surface area contributed by atoms with Gasteiger partial charge in [0, 0.05) is 24.5 Å². The van der Waals surface area contributed by atoms with Crippen LogP contribution in [-0.4, -0.2) is 20.3 Å². The second kappa shape index (κ2) is 6.95. The van der Waals surface area contributed by atoms with Gasteiger partial charge in [-0.25, -0.2) is 13.8 Å². The van der Waals surface area contributed by atoms with E-state index in [1.54, 1.807) is 47.3 Å². The maximum Gasteiger partial charge on any atom is 0.287 e. The number of amides is 1. The number of benzene rings is 2. The van der Waals surface area contributed by atoms with Gasteiger partial charge in [0.1, 0.15) is 11.6 Å². The van der Waals surface area contributed by atoms with Crippen molar-refractivity contribution >= 4 is 11.4 Å². The Morgan fingerprint density at radius 1 is 1.07 bits per heavy atom. The van der Waals surface area contributed by atoms with Gasteiger partial charge in [0.05, 0.1) is 17.4 Å². The van der Waals surface area contributed by atoms with Crippen LogP contribution in [0.25, 0.3) is 16.8 Å². The molecule has 0 aliphatic rings. The monoisotopic (exact) mass is 364 g/mol. The largest absolute Gasteiger partial charge is 0.345 e. The van der Waals surface area contributed by atoms with Crippen molar-refractivity contribution in [3.05, 3.63) is 90.1 Å². The van der Waals surface area contributed by atoms with Gasteiger partial charge in [-0.1, -0.05) is 24.3 Å². The standard InChI is InChI=1S/C20H14F2N4O/c21-15-6-4-13(5-7-15)11-24-20(27)19-25-18(14-2-1-3-16(22)10-14)17-12-23-8-9-26(17)19/h1-10,12H,11H2,(H,24,27). The summed E-state index contributed by atoms with van der Waals surface area (Å²) in [5, 5.41) is 2.76. The Bertz CT molecular complexity index is 1120. The first kappa shape index (κ1) is 16.8. The van der Waals surface area contributed by atoms with E-state index in [1.807, 2.05) is 0 Å². The molecule has 0 saturated heterocycles. The molecule has 0 aliphatic carbocycles. The van der Waals surface area contributed by atoms with Gasteiger partial charge in [-0.15, -0.1) is 0 Å². The summed E-state index contributed by atoms with van der Waals surface area (Å²) in [7, 11) is 0. The van der Waals surface area contributed by atoms with Gasteiger partial charge in [0.2, 0.25) is 5.82 Å². The Kier molecular flexibility index (Phi) is 4.33. The molecule has 4 rings (SSSR count). The molecule has 0 radical (unpaired) electrons. The summed E-state index contributed by atoms with van der Waals surface area (Å²) in [5.74, 6) is -0.964. The van der Waals surface area contributed by atoms with Crippen LogP contribution >= 0.6 is 0 Å². The highest BCUT2D eigenvalue weighted by Crippen LogP contribution is 2.25. The van der Waals surface area contributed by atoms with E-state index in [0.717, 1.165) is 5.56 Å². The van der Waals surface area contributed by atoms with Gasteiger partial charge in [-0.2, -0.15) is 0 Å². The highest BCUT2D eigenvalue weighted by Gasteiger charge is 2.18. The van der Waals surface area contributed by atoms with Crippen molar-refractivity contribution in [2.75, 3.05) is 0 Å². The number of nitrogens with one attached hydrogen (secondary N) is 1. The molecule has 0 fully saturated rings. The van der Waals surface area contributed by atoms with Crippen molar-refractivity contribution in [3.63, 3.8) is 0 Å². The average Bonchev–Trinajstić information content (AvgIpc) is 3.07. The Morgan fingerprint density at radius 2 is 1.89 bits per heavy atom. The molecular weight excluding hydrogens is 350 g/mol. The van der Waals surface area contributed by atoms with E-state index < -0.39 is 5.91 Å². The maximum absolute atomic E-state index is 13.6. The highest BCUT2D eigenvalue weighted by atomic mass is 19.1. The molecule has 27 heavy (non-hydrogen) atoms. The zero-order valence-electron chi connectivity index (χ0n) is 14.1. The van der Waals surface area contributed by atoms with Crippen molar-refractivity contribution in [2.24, 2.45) is 0 Å². The first-order valence-electron chi connectivity index (χ1n) is 8.22. The van der Waals surface area contributed by atoms with E-state index in [2.05, 4.69) is 15.3 Å². The number of aromatic nitrogens is 3. The minimum atomic E-state index is -0.400. The van der Waals surface area contributed by atoms with Crippen molar-refractivity contribution in [1.29, 1.82) is 0 Å². The van der Waals surface area contributed by atoms with E-state index in [4.69, 9.17) is 0 Å². The van der Waals surface area contributed by atoms with Crippen molar-refractivity contribution in [3.8, 4) is 11.3 Å². The normalized spacial score (nSPS) is 10.9. The van der Waals surface area contributed by atoms with Crippen LogP contribution in [-0.2, 0) is 6.54 Å². The summed E-state index contributed by atoms with van der Waals surface area (Å²) >= 11 is 0. The molecule has 0 bridgehead atoms. The molecule has 2 aromatic heterocycles. The van der Waals surface area contributed by atoms with Crippen LogP contribution in [0.2, 0.25) is 0 Å². The number of hydrogen-bond acceptors (Lipinski definition) is 3. The number of carbonyl (C=O) groups excluding carboxylic acids is 1. The van der Waals surface area contributed by atoms with Crippen molar-refractivity contribution in [2.45, 2.75) is 6.54 Å². The average molecular weight is 364 g/mol. The van der Waals surface area contributed by atoms with Gasteiger partial charge in [-0.05, 0) is 29.8 Å². The predicted octanol–water partition coefficient (Wildman–Crippen LogP) is 3.60. The lowest BCUT2D eigenvalue weighted by atomic mass is 10.1. The zero-order valence-corrected chi connectivity index (χ0v) is 14.1. The van der Waals surface area contributed by atoms with Crippen LogP contribution in [0.3, 0.4) is 0 Å². The first-order valence-corrected chi connectivity index (χ1v) is 8.22. The molecule has 2 aromatic carbocycles. The van der Waals surface area contributed by atoms with Gasteiger partial charge < -0.3 is 5.32 Å². The lowest BCUT2D eigenvalue weighted by Gasteiger charge is -2.04. The number of fused-ring (bicyclic) bond motifs is 1. The fourth-order valence-corrected chi connectivity index (χ4v) is 2.81. The zero-order chi connectivity index (χ0) is 18.8. The van der Waals surface area contributed by atoms with E-state index in [1.165, 1.54) is 24.3 Å². The summed E-state index contributed by atoms with van der Waals surface area (Å²) in [6.07, 6.45) is 4.74. The fourth-order valence-electron chi connectivity index (χ4n) is 2.81. The van der Waals surface area contributed by atoms with E-state index in [9.17, 15) is 13.6 Å². The third-order valence-electron chi connectivity index (χ3n) is 4.11. The summed E-state index contributed by atoms with van der Waals surface area (Å²) in [4.78, 5) is 21.1. The number of carbonyl (C=O) groups is 1. The van der Waals surface area contributed by atoms with Crippen LogP contribution in [0, 0.1) is 11.6 Å². The first-order chi connectivity index (χ1) is 13.1. The van der Waals surface area contributed by atoms with Crippen molar-refractivity contribution < 1.29 is 13.6 Å². The molecule has 4 aromatic rings. The fraction of sp³-hybridized carbons (Fsp3) is 0.0500. The lowest BCUT2D eigenvalue weighted by molar-refractivity contribution is 0.0940. The van der Waals surface area contributed by atoms with E-state index in [0.29, 0.717) is 16.8 Å². The van der Waals surface area contributed by atoms with Gasteiger partial charge in [-0.3, -0.25) is 14.2 Å². The molecule has 0 spiro atoms. The number of hydrogen-bond donors (Lipinski definition) is 1. The number of imidazole rings is 1. The number of halogens is 2. The molecule has 0 saturated carbocycles. The quantitative estimate of drug-likeness (QED) is 0.602. The van der Waals surface area contributed by atoms with Crippen LogP contribution in [0.1, 0.15) is 16.2 Å². The summed E-state index contributed by atoms with van der Waals surface area (Å²) in [6, 6.07) is 11.9. The van der Waals surface area contributed by atoms with Gasteiger partial charge in [0.15, 0.2) is 0 Å². The summed E-state index contributed by atoms with van der Waals surface area (Å²) < 4.78 is 28.2. The molecule has 1 amide bonds. The molecule has 0 aliphatic heterocycles. The molecule has 2 heterocycles. The lowest BCUT2D eigenvalue weighted by Crippen LogP contribution is -2.25. The predicted molar refractivity (Wildman–Crippen MR) is 96.0 cm³/mol. The number of rotatable bonds is 4. The smallest absolute Gasteiger partial charge is 0.287 e. The highest BCUT2D eigenvalue weighted by molar-refractivity contribution is 5.94. The molecule has 1 N–H and O–H groups in total. The maximum atomic E-state index is 13.6. The van der Waals surface area contributed by atoms with Gasteiger partial charge in [0.25, 0.3) is 5.91 Å². The van der Waals surface area contributed by atoms with Crippen LogP contribution in [0.5, 0.6) is 0 Å². The van der Waals surface area contributed by atoms with Crippen molar-refractivity contribution in [1.82, 2.24) is 19.7 Å². The second-order valence-corrected chi connectivity index (χ2v) is 5.94. The summed E-state index contributed by atoms with van der Waals surface area (Å²) in [5.41, 5.74) is 2.38. The Hall–Kier alpha value is -3.61. The van der Waals surface area contributed by atoms with Crippen LogP contribution < -0.4 is 5.32 Å². The third-order valence-corrected chi connectivity index (χ3v) is 4.11. The number of nitrogens with zero attached hydrogens (tertiary/aromatic N) is 3. The molecule has 0 atom stereocenters. The van der Waals surface area contributed by atoms with Gasteiger partial charge >= 0.3 is 0 Å². The minimum absolute atomic E-state index is 0.161.